The third kappa shape index (κ3) is 4.75. The molecule has 0 aliphatic heterocycles. The van der Waals surface area contributed by atoms with E-state index in [2.05, 4.69) is 15.3 Å². The van der Waals surface area contributed by atoms with Gasteiger partial charge in [0.15, 0.2) is 0 Å². The van der Waals surface area contributed by atoms with Gasteiger partial charge in [-0.3, -0.25) is 4.79 Å². The highest BCUT2D eigenvalue weighted by Gasteiger charge is 2.35. The Kier molecular flexibility index (Phi) is 5.64. The van der Waals surface area contributed by atoms with Crippen molar-refractivity contribution in [1.29, 1.82) is 0 Å². The van der Waals surface area contributed by atoms with Crippen LogP contribution in [0, 0.1) is 5.92 Å². The zero-order valence-electron chi connectivity index (χ0n) is 12.4. The maximum atomic E-state index is 11.7. The summed E-state index contributed by atoms with van der Waals surface area (Å²) in [6.45, 7) is 3.34. The van der Waals surface area contributed by atoms with Crippen LogP contribution in [0.1, 0.15) is 38.3 Å². The summed E-state index contributed by atoms with van der Waals surface area (Å²) in [5, 5.41) is 13.8. The fourth-order valence-corrected chi connectivity index (χ4v) is 2.67. The van der Waals surface area contributed by atoms with Gasteiger partial charge < -0.3 is 15.2 Å². The van der Waals surface area contributed by atoms with Crippen LogP contribution in [0.15, 0.2) is 18.6 Å². The lowest BCUT2D eigenvalue weighted by molar-refractivity contribution is -0.151. The molecule has 0 radical (unpaired) electrons. The number of nitrogens with one attached hydrogen (secondary N) is 1. The average molecular weight is 293 g/mol. The zero-order valence-corrected chi connectivity index (χ0v) is 12.4. The van der Waals surface area contributed by atoms with Crippen molar-refractivity contribution in [3.05, 3.63) is 24.3 Å². The van der Waals surface area contributed by atoms with Gasteiger partial charge in [-0.1, -0.05) is 0 Å². The molecular weight excluding hydrogens is 270 g/mol. The first-order valence-electron chi connectivity index (χ1n) is 7.47. The van der Waals surface area contributed by atoms with Crippen LogP contribution in [0.2, 0.25) is 0 Å². The number of rotatable bonds is 6. The minimum Gasteiger partial charge on any atom is -0.466 e. The number of aromatic nitrogens is 2. The maximum Gasteiger partial charge on any atom is 0.308 e. The SMILES string of the molecule is CCOC(=O)C1CCC(O)(CNCc2ccncn2)CC1. The molecule has 1 heterocycles. The predicted molar refractivity (Wildman–Crippen MR) is 77.3 cm³/mol. The van der Waals surface area contributed by atoms with Gasteiger partial charge in [-0.15, -0.1) is 0 Å². The van der Waals surface area contributed by atoms with Crippen molar-refractivity contribution in [2.45, 2.75) is 44.8 Å². The molecule has 1 aromatic rings. The highest BCUT2D eigenvalue weighted by molar-refractivity contribution is 5.72. The first-order chi connectivity index (χ1) is 10.1. The molecule has 6 nitrogen and oxygen atoms in total. The van der Waals surface area contributed by atoms with Crippen molar-refractivity contribution in [2.24, 2.45) is 5.92 Å². The van der Waals surface area contributed by atoms with Crippen LogP contribution in [-0.4, -0.2) is 39.8 Å². The summed E-state index contributed by atoms with van der Waals surface area (Å²) in [5.74, 6) is -0.194. The Labute approximate surface area is 124 Å². The van der Waals surface area contributed by atoms with Crippen molar-refractivity contribution >= 4 is 5.97 Å². The van der Waals surface area contributed by atoms with Crippen molar-refractivity contribution < 1.29 is 14.6 Å². The molecule has 2 rings (SSSR count). The second-order valence-corrected chi connectivity index (χ2v) is 5.55. The van der Waals surface area contributed by atoms with E-state index in [9.17, 15) is 9.90 Å². The molecule has 1 aliphatic rings. The number of ether oxygens (including phenoxy) is 1. The minimum absolute atomic E-state index is 0.0629. The van der Waals surface area contributed by atoms with E-state index in [1.54, 1.807) is 6.20 Å². The van der Waals surface area contributed by atoms with Crippen molar-refractivity contribution in [3.8, 4) is 0 Å². The van der Waals surface area contributed by atoms with E-state index in [1.165, 1.54) is 6.33 Å². The molecule has 2 N–H and O–H groups in total. The lowest BCUT2D eigenvalue weighted by Gasteiger charge is -2.35. The lowest BCUT2D eigenvalue weighted by Crippen LogP contribution is -2.44. The number of carbonyl (C=O) groups is 1. The summed E-state index contributed by atoms with van der Waals surface area (Å²) >= 11 is 0. The minimum atomic E-state index is -0.740. The fraction of sp³-hybridized carbons (Fsp3) is 0.667. The van der Waals surface area contributed by atoms with E-state index in [1.807, 2.05) is 13.0 Å². The number of aliphatic hydroxyl groups is 1. The van der Waals surface area contributed by atoms with Crippen LogP contribution >= 0.6 is 0 Å². The van der Waals surface area contributed by atoms with Crippen molar-refractivity contribution in [3.63, 3.8) is 0 Å². The molecule has 6 heteroatoms. The summed E-state index contributed by atoms with van der Waals surface area (Å²) in [4.78, 5) is 19.7. The van der Waals surface area contributed by atoms with E-state index < -0.39 is 5.60 Å². The molecule has 0 atom stereocenters. The Morgan fingerprint density at radius 1 is 1.52 bits per heavy atom. The molecule has 21 heavy (non-hydrogen) atoms. The molecule has 1 saturated carbocycles. The third-order valence-corrected chi connectivity index (χ3v) is 3.94. The molecule has 0 spiro atoms. The summed E-state index contributed by atoms with van der Waals surface area (Å²) in [7, 11) is 0. The monoisotopic (exact) mass is 293 g/mol. The van der Waals surface area contributed by atoms with Crippen LogP contribution in [0.5, 0.6) is 0 Å². The van der Waals surface area contributed by atoms with Gasteiger partial charge in [0, 0.05) is 19.3 Å². The van der Waals surface area contributed by atoms with Gasteiger partial charge in [-0.2, -0.15) is 0 Å². The first kappa shape index (κ1) is 15.9. The summed E-state index contributed by atoms with van der Waals surface area (Å²) < 4.78 is 5.04. The maximum absolute atomic E-state index is 11.7. The lowest BCUT2D eigenvalue weighted by atomic mass is 9.79. The van der Waals surface area contributed by atoms with Crippen LogP contribution in [0.4, 0.5) is 0 Å². The van der Waals surface area contributed by atoms with E-state index in [-0.39, 0.29) is 11.9 Å². The number of hydrogen-bond donors (Lipinski definition) is 2. The van der Waals surface area contributed by atoms with Crippen LogP contribution in [0.3, 0.4) is 0 Å². The Balaban J connectivity index is 1.73. The zero-order chi connectivity index (χ0) is 15.1. The van der Waals surface area contributed by atoms with E-state index in [0.717, 1.165) is 5.69 Å². The van der Waals surface area contributed by atoms with Gasteiger partial charge in [-0.05, 0) is 38.7 Å². The molecule has 0 aromatic carbocycles. The van der Waals surface area contributed by atoms with Gasteiger partial charge >= 0.3 is 5.97 Å². The van der Waals surface area contributed by atoms with Crippen LogP contribution < -0.4 is 5.32 Å². The van der Waals surface area contributed by atoms with E-state index >= 15 is 0 Å². The molecule has 1 aromatic heterocycles. The second kappa shape index (κ2) is 7.47. The number of nitrogens with zero attached hydrogens (tertiary/aromatic N) is 2. The van der Waals surface area contributed by atoms with Gasteiger partial charge in [0.2, 0.25) is 0 Å². The molecule has 0 saturated heterocycles. The number of carbonyl (C=O) groups excluding carboxylic acids is 1. The third-order valence-electron chi connectivity index (χ3n) is 3.94. The molecule has 1 aliphatic carbocycles. The van der Waals surface area contributed by atoms with Crippen LogP contribution in [-0.2, 0) is 16.1 Å². The van der Waals surface area contributed by atoms with Gasteiger partial charge in [-0.25, -0.2) is 9.97 Å². The molecule has 116 valence electrons. The average Bonchev–Trinajstić information content (AvgIpc) is 2.49. The molecule has 0 amide bonds. The molecule has 0 bridgehead atoms. The predicted octanol–water partition coefficient (Wildman–Crippen LogP) is 1.05. The topological polar surface area (TPSA) is 84.3 Å². The van der Waals surface area contributed by atoms with Gasteiger partial charge in [0.25, 0.3) is 0 Å². The summed E-state index contributed by atoms with van der Waals surface area (Å²) in [6, 6.07) is 1.84. The number of hydrogen-bond acceptors (Lipinski definition) is 6. The van der Waals surface area contributed by atoms with E-state index in [4.69, 9.17) is 4.74 Å². The molecular formula is C15H23N3O3. The Morgan fingerprint density at radius 2 is 2.29 bits per heavy atom. The molecule has 1 fully saturated rings. The van der Waals surface area contributed by atoms with Crippen molar-refractivity contribution in [1.82, 2.24) is 15.3 Å². The van der Waals surface area contributed by atoms with Gasteiger partial charge in [0.1, 0.15) is 6.33 Å². The Hall–Kier alpha value is -1.53. The highest BCUT2D eigenvalue weighted by atomic mass is 16.5. The highest BCUT2D eigenvalue weighted by Crippen LogP contribution is 2.32. The normalized spacial score (nSPS) is 25.5. The smallest absolute Gasteiger partial charge is 0.308 e. The Bertz CT molecular complexity index is 445. The second-order valence-electron chi connectivity index (χ2n) is 5.55. The van der Waals surface area contributed by atoms with Gasteiger partial charge in [0.05, 0.1) is 23.8 Å². The summed E-state index contributed by atoms with van der Waals surface area (Å²) in [6.07, 6.45) is 5.81. The standard InChI is InChI=1S/C15H23N3O3/c1-2-21-14(19)12-3-6-15(20,7-4-12)10-17-9-13-5-8-16-11-18-13/h5,8,11-12,17,20H,2-4,6-7,9-10H2,1H3. The van der Waals surface area contributed by atoms with Crippen molar-refractivity contribution in [2.75, 3.05) is 13.2 Å². The largest absolute Gasteiger partial charge is 0.466 e. The fourth-order valence-electron chi connectivity index (χ4n) is 2.67. The van der Waals surface area contributed by atoms with Crippen LogP contribution in [0.25, 0.3) is 0 Å². The summed E-state index contributed by atoms with van der Waals surface area (Å²) in [5.41, 5.74) is 0.157. The molecule has 0 unspecified atom stereocenters. The Morgan fingerprint density at radius 3 is 2.90 bits per heavy atom. The number of esters is 1. The quantitative estimate of drug-likeness (QED) is 0.763. The first-order valence-corrected chi connectivity index (χ1v) is 7.47. The van der Waals surface area contributed by atoms with E-state index in [0.29, 0.717) is 45.4 Å².